The molecule has 0 saturated heterocycles. The minimum atomic E-state index is -0.179. The number of benzene rings is 2. The molecule has 0 radical (unpaired) electrons. The fourth-order valence-electron chi connectivity index (χ4n) is 2.55. The van der Waals surface area contributed by atoms with Gasteiger partial charge in [-0.15, -0.1) is 0 Å². The van der Waals surface area contributed by atoms with Gasteiger partial charge in [0.25, 0.3) is 5.91 Å². The van der Waals surface area contributed by atoms with Crippen LogP contribution in [0.15, 0.2) is 79.1 Å². The molecule has 0 saturated carbocycles. The fraction of sp³-hybridized carbons (Fsp3) is 0.0909. The smallest absolute Gasteiger partial charge is 0.255 e. The summed E-state index contributed by atoms with van der Waals surface area (Å²) in [6.07, 6.45) is 7.69. The molecular weight excluding hydrogens is 336 g/mol. The van der Waals surface area contributed by atoms with Crippen LogP contribution in [0, 0.1) is 0 Å². The number of nitrogen functional groups attached to an aromatic ring is 1. The summed E-state index contributed by atoms with van der Waals surface area (Å²) in [5.74, 6) is -0.179. The number of amides is 1. The molecule has 0 fully saturated rings. The lowest BCUT2D eigenvalue weighted by Gasteiger charge is -2.08. The Morgan fingerprint density at radius 2 is 1.85 bits per heavy atom. The Labute approximate surface area is 159 Å². The Kier molecular flexibility index (Phi) is 6.33. The molecule has 0 atom stereocenters. The number of carbonyl (C=O) groups is 1. The van der Waals surface area contributed by atoms with E-state index < -0.39 is 0 Å². The van der Waals surface area contributed by atoms with Crippen molar-refractivity contribution in [2.45, 2.75) is 6.54 Å². The molecule has 3 aromatic rings. The van der Waals surface area contributed by atoms with Crippen molar-refractivity contribution >= 4 is 23.4 Å². The lowest BCUT2D eigenvalue weighted by Crippen LogP contribution is -2.13. The van der Waals surface area contributed by atoms with E-state index in [1.165, 1.54) is 0 Å². The Morgan fingerprint density at radius 3 is 2.59 bits per heavy atom. The molecular formula is C22H22N4O. The van der Waals surface area contributed by atoms with Crippen molar-refractivity contribution in [2.24, 2.45) is 0 Å². The predicted octanol–water partition coefficient (Wildman–Crippen LogP) is 3.72. The zero-order valence-electron chi connectivity index (χ0n) is 14.9. The fourth-order valence-corrected chi connectivity index (χ4v) is 2.55. The maximum atomic E-state index is 12.3. The lowest BCUT2D eigenvalue weighted by molar-refractivity contribution is 0.102. The van der Waals surface area contributed by atoms with Crippen LogP contribution >= 0.6 is 0 Å². The summed E-state index contributed by atoms with van der Waals surface area (Å²) >= 11 is 0. The molecule has 1 aromatic heterocycles. The highest BCUT2D eigenvalue weighted by atomic mass is 16.1. The number of carbonyl (C=O) groups excluding carboxylic acids is 1. The van der Waals surface area contributed by atoms with E-state index in [-0.39, 0.29) is 5.91 Å². The molecule has 0 unspecified atom stereocenters. The normalized spacial score (nSPS) is 10.8. The third kappa shape index (κ3) is 5.52. The Bertz CT molecular complexity index is 905. The number of nitrogens with two attached hydrogens (primary N) is 1. The lowest BCUT2D eigenvalue weighted by atomic mass is 10.1. The van der Waals surface area contributed by atoms with Crippen molar-refractivity contribution in [3.05, 3.63) is 95.8 Å². The second kappa shape index (κ2) is 9.31. The topological polar surface area (TPSA) is 80.0 Å². The molecule has 1 amide bonds. The number of anilines is 2. The van der Waals surface area contributed by atoms with E-state index in [0.29, 0.717) is 16.9 Å². The number of aromatic nitrogens is 1. The first kappa shape index (κ1) is 18.4. The van der Waals surface area contributed by atoms with Crippen LogP contribution in [0.25, 0.3) is 6.08 Å². The van der Waals surface area contributed by atoms with Gasteiger partial charge in [0.2, 0.25) is 0 Å². The van der Waals surface area contributed by atoms with Gasteiger partial charge in [-0.1, -0.05) is 42.5 Å². The monoisotopic (exact) mass is 358 g/mol. The SMILES string of the molecule is Nc1ccccc1NC(=O)c1ccc(C=CCNCc2cccnc2)cc1. The van der Waals surface area contributed by atoms with Crippen molar-refractivity contribution in [2.75, 3.05) is 17.6 Å². The number of pyridine rings is 1. The van der Waals surface area contributed by atoms with Gasteiger partial charge in [0, 0.05) is 31.0 Å². The van der Waals surface area contributed by atoms with Crippen LogP contribution < -0.4 is 16.4 Å². The first-order valence-electron chi connectivity index (χ1n) is 8.74. The Balaban J connectivity index is 1.49. The molecule has 5 heteroatoms. The van der Waals surface area contributed by atoms with Gasteiger partial charge in [-0.05, 0) is 41.5 Å². The van der Waals surface area contributed by atoms with Crippen LogP contribution in [0.4, 0.5) is 11.4 Å². The van der Waals surface area contributed by atoms with Gasteiger partial charge < -0.3 is 16.4 Å². The predicted molar refractivity (Wildman–Crippen MR) is 110 cm³/mol. The summed E-state index contributed by atoms with van der Waals surface area (Å²) in [5, 5.41) is 6.16. The minimum Gasteiger partial charge on any atom is -0.397 e. The average molecular weight is 358 g/mol. The first-order chi connectivity index (χ1) is 13.2. The highest BCUT2D eigenvalue weighted by molar-refractivity contribution is 6.05. The molecule has 27 heavy (non-hydrogen) atoms. The molecule has 3 rings (SSSR count). The summed E-state index contributed by atoms with van der Waals surface area (Å²) in [4.78, 5) is 16.4. The molecule has 0 aliphatic carbocycles. The summed E-state index contributed by atoms with van der Waals surface area (Å²) in [5.41, 5.74) is 9.79. The summed E-state index contributed by atoms with van der Waals surface area (Å²) in [7, 11) is 0. The maximum absolute atomic E-state index is 12.3. The van der Waals surface area contributed by atoms with Crippen LogP contribution in [0.3, 0.4) is 0 Å². The summed E-state index contributed by atoms with van der Waals surface area (Å²) < 4.78 is 0. The number of hydrogen-bond donors (Lipinski definition) is 3. The van der Waals surface area contributed by atoms with E-state index in [9.17, 15) is 4.79 Å². The molecule has 2 aromatic carbocycles. The highest BCUT2D eigenvalue weighted by Crippen LogP contribution is 2.18. The maximum Gasteiger partial charge on any atom is 0.255 e. The molecule has 136 valence electrons. The number of hydrogen-bond acceptors (Lipinski definition) is 4. The second-order valence-electron chi connectivity index (χ2n) is 6.06. The number of nitrogens with one attached hydrogen (secondary N) is 2. The van der Waals surface area contributed by atoms with Crippen molar-refractivity contribution in [1.82, 2.24) is 10.3 Å². The highest BCUT2D eigenvalue weighted by Gasteiger charge is 2.07. The van der Waals surface area contributed by atoms with Crippen LogP contribution in [-0.4, -0.2) is 17.4 Å². The Hall–Kier alpha value is -3.44. The summed E-state index contributed by atoms with van der Waals surface area (Å²) in [6, 6.07) is 18.6. The van der Waals surface area contributed by atoms with Gasteiger partial charge in [-0.2, -0.15) is 0 Å². The van der Waals surface area contributed by atoms with Gasteiger partial charge in [-0.25, -0.2) is 0 Å². The standard InChI is InChI=1S/C22H22N4O/c23-20-7-1-2-8-21(20)26-22(27)19-11-9-17(10-12-19)5-3-13-24-15-18-6-4-14-25-16-18/h1-12,14,16,24H,13,15,23H2,(H,26,27). The molecule has 0 bridgehead atoms. The van der Waals surface area contributed by atoms with Crippen LogP contribution in [0.2, 0.25) is 0 Å². The quantitative estimate of drug-likeness (QED) is 0.444. The van der Waals surface area contributed by atoms with Gasteiger partial charge in [0.1, 0.15) is 0 Å². The molecule has 0 spiro atoms. The van der Waals surface area contributed by atoms with E-state index in [1.54, 1.807) is 30.5 Å². The third-order valence-corrected chi connectivity index (χ3v) is 4.01. The van der Waals surface area contributed by atoms with Gasteiger partial charge in [0.05, 0.1) is 11.4 Å². The largest absolute Gasteiger partial charge is 0.397 e. The zero-order valence-corrected chi connectivity index (χ0v) is 14.9. The van der Waals surface area contributed by atoms with E-state index in [2.05, 4.69) is 21.7 Å². The van der Waals surface area contributed by atoms with Crippen molar-refractivity contribution in [1.29, 1.82) is 0 Å². The zero-order chi connectivity index (χ0) is 18.9. The van der Waals surface area contributed by atoms with Crippen LogP contribution in [0.1, 0.15) is 21.5 Å². The van der Waals surface area contributed by atoms with Crippen LogP contribution in [0.5, 0.6) is 0 Å². The first-order valence-corrected chi connectivity index (χ1v) is 8.74. The third-order valence-electron chi connectivity index (χ3n) is 4.01. The molecule has 0 aliphatic heterocycles. The van der Waals surface area contributed by atoms with Crippen molar-refractivity contribution < 1.29 is 4.79 Å². The van der Waals surface area contributed by atoms with E-state index in [4.69, 9.17) is 5.73 Å². The minimum absolute atomic E-state index is 0.179. The molecule has 5 nitrogen and oxygen atoms in total. The van der Waals surface area contributed by atoms with E-state index in [0.717, 1.165) is 24.2 Å². The van der Waals surface area contributed by atoms with E-state index >= 15 is 0 Å². The second-order valence-corrected chi connectivity index (χ2v) is 6.06. The number of para-hydroxylation sites is 2. The van der Waals surface area contributed by atoms with Crippen LogP contribution in [-0.2, 0) is 6.54 Å². The average Bonchev–Trinajstić information content (AvgIpc) is 2.71. The van der Waals surface area contributed by atoms with Gasteiger partial charge in [-0.3, -0.25) is 9.78 Å². The Morgan fingerprint density at radius 1 is 1.04 bits per heavy atom. The molecule has 0 aliphatic rings. The number of nitrogens with zero attached hydrogens (tertiary/aromatic N) is 1. The van der Waals surface area contributed by atoms with E-state index in [1.807, 2.05) is 48.7 Å². The van der Waals surface area contributed by atoms with Crippen molar-refractivity contribution in [3.63, 3.8) is 0 Å². The van der Waals surface area contributed by atoms with Gasteiger partial charge >= 0.3 is 0 Å². The number of rotatable bonds is 7. The summed E-state index contributed by atoms with van der Waals surface area (Å²) in [6.45, 7) is 1.53. The molecule has 4 N–H and O–H groups in total. The molecule has 1 heterocycles. The van der Waals surface area contributed by atoms with Gasteiger partial charge in [0.15, 0.2) is 0 Å². The van der Waals surface area contributed by atoms with Crippen molar-refractivity contribution in [3.8, 4) is 0 Å².